The molecule has 0 radical (unpaired) electrons. The van der Waals surface area contributed by atoms with Crippen LogP contribution < -0.4 is 5.32 Å². The van der Waals surface area contributed by atoms with E-state index in [1.54, 1.807) is 12.1 Å². The molecule has 0 bridgehead atoms. The molecule has 1 fully saturated rings. The Kier molecular flexibility index (Phi) is 4.52. The molecule has 0 aromatic heterocycles. The van der Waals surface area contributed by atoms with Crippen LogP contribution in [-0.4, -0.2) is 31.2 Å². The Labute approximate surface area is 111 Å². The van der Waals surface area contributed by atoms with Crippen molar-refractivity contribution in [1.29, 1.82) is 0 Å². The molecule has 1 N–H and O–H groups in total. The molecule has 1 aromatic carbocycles. The maximum Gasteiger partial charge on any atom is 0.335 e. The molecule has 19 heavy (non-hydrogen) atoms. The molecule has 1 heterocycles. The summed E-state index contributed by atoms with van der Waals surface area (Å²) < 4.78 is 10.1. The van der Waals surface area contributed by atoms with Crippen molar-refractivity contribution in [2.45, 2.75) is 25.9 Å². The van der Waals surface area contributed by atoms with Gasteiger partial charge in [-0.15, -0.1) is 0 Å². The van der Waals surface area contributed by atoms with E-state index in [0.29, 0.717) is 18.7 Å². The fourth-order valence-electron chi connectivity index (χ4n) is 1.83. The van der Waals surface area contributed by atoms with Crippen molar-refractivity contribution in [2.24, 2.45) is 0 Å². The third kappa shape index (κ3) is 4.06. The largest absolute Gasteiger partial charge is 0.454 e. The Balaban J connectivity index is 1.75. The summed E-state index contributed by atoms with van der Waals surface area (Å²) in [6.07, 6.45) is 1.01. The summed E-state index contributed by atoms with van der Waals surface area (Å²) in [5, 5.41) is 2.66. The molecular weight excluding hydrogens is 246 g/mol. The topological polar surface area (TPSA) is 64.6 Å². The zero-order chi connectivity index (χ0) is 13.7. The summed E-state index contributed by atoms with van der Waals surface area (Å²) in [7, 11) is 0. The van der Waals surface area contributed by atoms with E-state index in [4.69, 9.17) is 9.47 Å². The molecule has 102 valence electrons. The predicted molar refractivity (Wildman–Crippen MR) is 69.7 cm³/mol. The second-order valence-corrected chi connectivity index (χ2v) is 4.52. The number of aryl methyl sites for hydroxylation is 1. The molecule has 1 aliphatic heterocycles. The average molecular weight is 263 g/mol. The normalized spacial score (nSPS) is 18.1. The molecule has 0 spiro atoms. The van der Waals surface area contributed by atoms with Crippen LogP contribution in [0.2, 0.25) is 0 Å². The van der Waals surface area contributed by atoms with Crippen molar-refractivity contribution in [3.63, 3.8) is 0 Å². The lowest BCUT2D eigenvalue weighted by molar-refractivity contribution is -0.156. The number of nitrogens with one attached hydrogen (secondary N) is 1. The molecule has 1 unspecified atom stereocenters. The molecule has 1 amide bonds. The number of amides is 1. The maximum atomic E-state index is 11.6. The number of esters is 1. The third-order valence-electron chi connectivity index (χ3n) is 2.87. The van der Waals surface area contributed by atoms with Crippen LogP contribution in [0.4, 0.5) is 5.69 Å². The number of carbonyl (C=O) groups is 2. The van der Waals surface area contributed by atoms with E-state index in [-0.39, 0.29) is 12.5 Å². The first-order valence-electron chi connectivity index (χ1n) is 6.30. The zero-order valence-electron chi connectivity index (χ0n) is 10.8. The minimum absolute atomic E-state index is 0.285. The van der Waals surface area contributed by atoms with Gasteiger partial charge in [-0.05, 0) is 31.9 Å². The first-order chi connectivity index (χ1) is 9.15. The highest BCUT2D eigenvalue weighted by atomic mass is 16.6. The van der Waals surface area contributed by atoms with Crippen molar-refractivity contribution in [3.05, 3.63) is 29.8 Å². The Bertz CT molecular complexity index is 449. The van der Waals surface area contributed by atoms with E-state index in [1.807, 2.05) is 19.1 Å². The Hall–Kier alpha value is -1.88. The maximum absolute atomic E-state index is 11.6. The van der Waals surface area contributed by atoms with Gasteiger partial charge in [0.05, 0.1) is 0 Å². The van der Waals surface area contributed by atoms with Crippen LogP contribution in [-0.2, 0) is 19.1 Å². The quantitative estimate of drug-likeness (QED) is 0.839. The van der Waals surface area contributed by atoms with Crippen molar-refractivity contribution < 1.29 is 19.1 Å². The number of benzene rings is 1. The second kappa shape index (κ2) is 6.33. The molecule has 0 aliphatic carbocycles. The summed E-state index contributed by atoms with van der Waals surface area (Å²) in [5.74, 6) is -0.813. The van der Waals surface area contributed by atoms with Gasteiger partial charge in [0, 0.05) is 12.3 Å². The van der Waals surface area contributed by atoms with Crippen LogP contribution in [0.3, 0.4) is 0 Å². The predicted octanol–water partition coefficient (Wildman–Crippen LogP) is 1.66. The van der Waals surface area contributed by atoms with Crippen molar-refractivity contribution >= 4 is 17.6 Å². The first-order valence-corrected chi connectivity index (χ1v) is 6.30. The molecule has 1 aromatic rings. The van der Waals surface area contributed by atoms with E-state index in [1.165, 1.54) is 0 Å². The number of hydrogen-bond donors (Lipinski definition) is 1. The van der Waals surface area contributed by atoms with Gasteiger partial charge in [0.1, 0.15) is 0 Å². The number of carbonyl (C=O) groups excluding carboxylic acids is 2. The van der Waals surface area contributed by atoms with E-state index < -0.39 is 12.1 Å². The number of anilines is 1. The smallest absolute Gasteiger partial charge is 0.335 e. The van der Waals surface area contributed by atoms with Gasteiger partial charge in [0.2, 0.25) is 0 Å². The molecule has 1 atom stereocenters. The Morgan fingerprint density at radius 1 is 1.37 bits per heavy atom. The van der Waals surface area contributed by atoms with Crippen LogP contribution in [0.1, 0.15) is 18.4 Å². The fraction of sp³-hybridized carbons (Fsp3) is 0.429. The highest BCUT2D eigenvalue weighted by molar-refractivity contribution is 5.93. The van der Waals surface area contributed by atoms with E-state index in [0.717, 1.165) is 12.0 Å². The lowest BCUT2D eigenvalue weighted by atomic mass is 10.2. The highest BCUT2D eigenvalue weighted by Crippen LogP contribution is 2.13. The van der Waals surface area contributed by atoms with Gasteiger partial charge in [0.25, 0.3) is 5.91 Å². The molecule has 1 aliphatic rings. The summed E-state index contributed by atoms with van der Waals surface area (Å²) in [5.41, 5.74) is 1.80. The Morgan fingerprint density at radius 2 is 2.11 bits per heavy atom. The molecule has 5 heteroatoms. The molecule has 5 nitrogen and oxygen atoms in total. The van der Waals surface area contributed by atoms with E-state index in [9.17, 15) is 9.59 Å². The minimum atomic E-state index is -0.507. The summed E-state index contributed by atoms with van der Waals surface area (Å²) in [6, 6.07) is 7.40. The van der Waals surface area contributed by atoms with Crippen molar-refractivity contribution in [3.8, 4) is 0 Å². The van der Waals surface area contributed by atoms with Crippen molar-refractivity contribution in [2.75, 3.05) is 18.5 Å². The highest BCUT2D eigenvalue weighted by Gasteiger charge is 2.25. The average Bonchev–Trinajstić information content (AvgIpc) is 2.93. The van der Waals surface area contributed by atoms with E-state index >= 15 is 0 Å². The fourth-order valence-corrected chi connectivity index (χ4v) is 1.83. The summed E-state index contributed by atoms with van der Waals surface area (Å²) >= 11 is 0. The van der Waals surface area contributed by atoms with Gasteiger partial charge < -0.3 is 14.8 Å². The van der Waals surface area contributed by atoms with Gasteiger partial charge in [-0.2, -0.15) is 0 Å². The lowest BCUT2D eigenvalue weighted by Gasteiger charge is -2.10. The SMILES string of the molecule is Cc1ccc(NC(=O)COC(=O)C2CCCO2)cc1. The number of hydrogen-bond acceptors (Lipinski definition) is 4. The van der Waals surface area contributed by atoms with Gasteiger partial charge in [-0.25, -0.2) is 4.79 Å². The van der Waals surface area contributed by atoms with Crippen LogP contribution >= 0.6 is 0 Å². The standard InChI is InChI=1S/C14H17NO4/c1-10-4-6-11(7-5-10)15-13(16)9-19-14(17)12-3-2-8-18-12/h4-7,12H,2-3,8-9H2,1H3,(H,15,16). The molecule has 1 saturated heterocycles. The first kappa shape index (κ1) is 13.5. The van der Waals surface area contributed by atoms with Gasteiger partial charge >= 0.3 is 5.97 Å². The zero-order valence-corrected chi connectivity index (χ0v) is 10.8. The number of rotatable bonds is 4. The molecular formula is C14H17NO4. The van der Waals surface area contributed by atoms with E-state index in [2.05, 4.69) is 5.32 Å². The van der Waals surface area contributed by atoms with Crippen molar-refractivity contribution in [1.82, 2.24) is 0 Å². The summed E-state index contributed by atoms with van der Waals surface area (Å²) in [6.45, 7) is 2.26. The second-order valence-electron chi connectivity index (χ2n) is 4.52. The van der Waals surface area contributed by atoms with Crippen LogP contribution in [0.5, 0.6) is 0 Å². The summed E-state index contributed by atoms with van der Waals surface area (Å²) in [4.78, 5) is 23.1. The molecule has 0 saturated carbocycles. The molecule has 2 rings (SSSR count). The van der Waals surface area contributed by atoms with Crippen LogP contribution in [0, 0.1) is 6.92 Å². The van der Waals surface area contributed by atoms with Gasteiger partial charge in [-0.1, -0.05) is 17.7 Å². The van der Waals surface area contributed by atoms with Crippen LogP contribution in [0.15, 0.2) is 24.3 Å². The third-order valence-corrected chi connectivity index (χ3v) is 2.87. The monoisotopic (exact) mass is 263 g/mol. The lowest BCUT2D eigenvalue weighted by Crippen LogP contribution is -2.27. The minimum Gasteiger partial charge on any atom is -0.454 e. The Morgan fingerprint density at radius 3 is 2.74 bits per heavy atom. The number of ether oxygens (including phenoxy) is 2. The van der Waals surface area contributed by atoms with Gasteiger partial charge in [-0.3, -0.25) is 4.79 Å². The van der Waals surface area contributed by atoms with Gasteiger partial charge in [0.15, 0.2) is 12.7 Å². The van der Waals surface area contributed by atoms with Crippen LogP contribution in [0.25, 0.3) is 0 Å².